The summed E-state index contributed by atoms with van der Waals surface area (Å²) in [7, 11) is 0. The molecule has 0 amide bonds. The summed E-state index contributed by atoms with van der Waals surface area (Å²) in [6.45, 7) is 0. The van der Waals surface area contributed by atoms with Crippen molar-refractivity contribution < 1.29 is 0 Å². The lowest BCUT2D eigenvalue weighted by atomic mass is 9.86. The average Bonchev–Trinajstić information content (AvgIpc) is 2.69. The molecule has 6 rings (SSSR count). The molecule has 6 aliphatic rings. The van der Waals surface area contributed by atoms with Crippen molar-refractivity contribution >= 4 is 0 Å². The van der Waals surface area contributed by atoms with Crippen molar-refractivity contribution in [2.45, 2.75) is 6.42 Å². The quantitative estimate of drug-likeness (QED) is 0.456. The van der Waals surface area contributed by atoms with Gasteiger partial charge < -0.3 is 0 Å². The highest BCUT2D eigenvalue weighted by atomic mass is 14.9. The highest BCUT2D eigenvalue weighted by Gasteiger charge is 2.86. The summed E-state index contributed by atoms with van der Waals surface area (Å²) >= 11 is 0. The van der Waals surface area contributed by atoms with Crippen LogP contribution >= 0.6 is 0 Å². The second-order valence-corrected chi connectivity index (χ2v) is 5.41. The molecule has 6 aliphatic carbocycles. The van der Waals surface area contributed by atoms with Gasteiger partial charge in [-0.3, -0.25) is 0 Å². The van der Waals surface area contributed by atoms with E-state index < -0.39 is 0 Å². The molecular formula is C11H12. The fraction of sp³-hybridized carbons (Fsp3) is 0.818. The van der Waals surface area contributed by atoms with Crippen molar-refractivity contribution in [1.82, 2.24) is 0 Å². The monoisotopic (exact) mass is 144 g/mol. The van der Waals surface area contributed by atoms with E-state index in [-0.39, 0.29) is 0 Å². The first kappa shape index (κ1) is 4.69. The molecule has 0 N–H and O–H groups in total. The Morgan fingerprint density at radius 2 is 1.09 bits per heavy atom. The normalized spacial score (nSPS) is 83.6. The topological polar surface area (TPSA) is 0 Å². The van der Waals surface area contributed by atoms with Crippen LogP contribution in [-0.2, 0) is 0 Å². The minimum absolute atomic E-state index is 1.05. The van der Waals surface area contributed by atoms with Crippen molar-refractivity contribution in [2.75, 3.05) is 0 Å². The zero-order chi connectivity index (χ0) is 6.74. The smallest absolute Gasteiger partial charge is 0.0194 e. The Kier molecular flexibility index (Phi) is 0.444. The van der Waals surface area contributed by atoms with E-state index in [2.05, 4.69) is 12.2 Å². The van der Waals surface area contributed by atoms with Gasteiger partial charge in [0.25, 0.3) is 0 Å². The van der Waals surface area contributed by atoms with E-state index in [1.807, 2.05) is 0 Å². The lowest BCUT2D eigenvalue weighted by Crippen LogP contribution is -2.13. The van der Waals surface area contributed by atoms with Gasteiger partial charge in [-0.05, 0) is 53.8 Å². The molecule has 0 radical (unpaired) electrons. The molecule has 0 heterocycles. The second kappa shape index (κ2) is 1.04. The van der Waals surface area contributed by atoms with E-state index >= 15 is 0 Å². The molecule has 4 unspecified atom stereocenters. The fourth-order valence-electron chi connectivity index (χ4n) is 5.15. The van der Waals surface area contributed by atoms with E-state index in [0.717, 1.165) is 11.8 Å². The van der Waals surface area contributed by atoms with Gasteiger partial charge in [-0.15, -0.1) is 0 Å². The molecule has 0 aromatic rings. The van der Waals surface area contributed by atoms with Crippen LogP contribution < -0.4 is 0 Å². The summed E-state index contributed by atoms with van der Waals surface area (Å²) < 4.78 is 0. The molecular weight excluding hydrogens is 132 g/mol. The van der Waals surface area contributed by atoms with E-state index in [0.29, 0.717) is 0 Å². The van der Waals surface area contributed by atoms with Crippen LogP contribution in [0, 0.1) is 47.3 Å². The molecule has 0 nitrogen and oxygen atoms in total. The maximum absolute atomic E-state index is 2.53. The van der Waals surface area contributed by atoms with E-state index in [1.54, 1.807) is 6.42 Å². The Hall–Kier alpha value is -0.260. The van der Waals surface area contributed by atoms with Crippen LogP contribution in [-0.4, -0.2) is 0 Å². The van der Waals surface area contributed by atoms with Gasteiger partial charge in [0.1, 0.15) is 0 Å². The third-order valence-corrected chi connectivity index (χ3v) is 5.41. The van der Waals surface area contributed by atoms with Crippen LogP contribution in [0.15, 0.2) is 12.2 Å². The maximum Gasteiger partial charge on any atom is -0.0194 e. The van der Waals surface area contributed by atoms with Crippen LogP contribution in [0.5, 0.6) is 0 Å². The Bertz CT molecular complexity index is 254. The van der Waals surface area contributed by atoms with Crippen molar-refractivity contribution in [3.63, 3.8) is 0 Å². The molecule has 0 spiro atoms. The van der Waals surface area contributed by atoms with E-state index in [9.17, 15) is 0 Å². The molecule has 11 heavy (non-hydrogen) atoms. The molecule has 0 aromatic heterocycles. The number of hydrogen-bond donors (Lipinski definition) is 0. The van der Waals surface area contributed by atoms with Gasteiger partial charge in [-0.2, -0.15) is 0 Å². The first-order valence-electron chi connectivity index (χ1n) is 5.15. The highest BCUT2D eigenvalue weighted by molar-refractivity contribution is 5.36. The van der Waals surface area contributed by atoms with Crippen LogP contribution in [0.1, 0.15) is 6.42 Å². The Balaban J connectivity index is 1.77. The summed E-state index contributed by atoms with van der Waals surface area (Å²) in [5.41, 5.74) is 0. The van der Waals surface area contributed by atoms with Gasteiger partial charge in [0.05, 0.1) is 0 Å². The number of allylic oxidation sites excluding steroid dienone is 2. The van der Waals surface area contributed by atoms with Gasteiger partial charge in [0.15, 0.2) is 0 Å². The largest absolute Gasteiger partial charge is 0.0848 e. The van der Waals surface area contributed by atoms with Crippen molar-refractivity contribution in [3.8, 4) is 0 Å². The van der Waals surface area contributed by atoms with Gasteiger partial charge in [-0.25, -0.2) is 0 Å². The molecule has 0 aliphatic heterocycles. The fourth-order valence-corrected chi connectivity index (χ4v) is 5.15. The molecule has 4 atom stereocenters. The SMILES string of the molecule is C1=CC2CC1C1C2C2C3C1C23. The van der Waals surface area contributed by atoms with Crippen molar-refractivity contribution in [2.24, 2.45) is 47.3 Å². The summed E-state index contributed by atoms with van der Waals surface area (Å²) in [6, 6.07) is 0. The molecule has 0 saturated heterocycles. The number of rotatable bonds is 0. The lowest BCUT2D eigenvalue weighted by molar-refractivity contribution is 0.355. The lowest BCUT2D eigenvalue weighted by Gasteiger charge is -2.18. The van der Waals surface area contributed by atoms with Gasteiger partial charge in [0.2, 0.25) is 0 Å². The Labute approximate surface area is 66.7 Å². The first-order valence-corrected chi connectivity index (χ1v) is 5.15. The average molecular weight is 144 g/mol. The zero-order valence-corrected chi connectivity index (χ0v) is 6.48. The Morgan fingerprint density at radius 1 is 0.636 bits per heavy atom. The molecule has 0 aromatic carbocycles. The summed E-state index contributed by atoms with van der Waals surface area (Å²) in [4.78, 5) is 0. The van der Waals surface area contributed by atoms with Crippen LogP contribution in [0.2, 0.25) is 0 Å². The molecule has 0 heteroatoms. The number of hydrogen-bond acceptors (Lipinski definition) is 0. The van der Waals surface area contributed by atoms with Crippen LogP contribution in [0.3, 0.4) is 0 Å². The third-order valence-electron chi connectivity index (χ3n) is 5.41. The van der Waals surface area contributed by atoms with E-state index in [1.165, 1.54) is 35.5 Å². The third kappa shape index (κ3) is 0.292. The predicted molar refractivity (Wildman–Crippen MR) is 41.7 cm³/mol. The minimum atomic E-state index is 1.05. The molecule has 5 saturated carbocycles. The Morgan fingerprint density at radius 3 is 1.64 bits per heavy atom. The summed E-state index contributed by atoms with van der Waals surface area (Å²) in [5, 5.41) is 0. The zero-order valence-electron chi connectivity index (χ0n) is 6.48. The first-order chi connectivity index (χ1) is 5.47. The van der Waals surface area contributed by atoms with E-state index in [4.69, 9.17) is 0 Å². The second-order valence-electron chi connectivity index (χ2n) is 5.41. The predicted octanol–water partition coefficient (Wildman–Crippen LogP) is 1.93. The van der Waals surface area contributed by atoms with Crippen LogP contribution in [0.25, 0.3) is 0 Å². The van der Waals surface area contributed by atoms with Crippen LogP contribution in [0.4, 0.5) is 0 Å². The summed E-state index contributed by atoms with van der Waals surface area (Å²) in [6.07, 6.45) is 6.61. The highest BCUT2D eigenvalue weighted by Crippen LogP contribution is 2.90. The standard InChI is InChI=1S/C11H12/c1-2-5-3-4(1)6-7(5)9-10-8(6)11(9)10/h1-2,4-11H,3H2. The van der Waals surface area contributed by atoms with Gasteiger partial charge in [0, 0.05) is 0 Å². The van der Waals surface area contributed by atoms with Gasteiger partial charge >= 0.3 is 0 Å². The maximum atomic E-state index is 2.53. The minimum Gasteiger partial charge on any atom is -0.0848 e. The van der Waals surface area contributed by atoms with Gasteiger partial charge in [-0.1, -0.05) is 12.2 Å². The number of fused-ring (bicyclic) bond motifs is 2. The molecule has 5 fully saturated rings. The molecule has 56 valence electrons. The molecule has 4 bridgehead atoms. The van der Waals surface area contributed by atoms with Crippen molar-refractivity contribution in [3.05, 3.63) is 12.2 Å². The van der Waals surface area contributed by atoms with Crippen molar-refractivity contribution in [1.29, 1.82) is 0 Å². The summed E-state index contributed by atoms with van der Waals surface area (Å²) in [5.74, 6) is 9.56.